The number of benzene rings is 3. The number of carbonyl (C=O) groups is 2. The number of furan rings is 1. The SMILES string of the molecule is COc1ccc([C@@H](Cc2c(Cl)cncc2Cl)OC(=O)c2ccc(COc3cccc([C@@H](NC(=O)O[C@H]4CN5CCC4CC5)c4ccccc4)c3)o2)cc1OC. The van der Waals surface area contributed by atoms with Gasteiger partial charge >= 0.3 is 12.1 Å². The molecular formula is C42H41Cl2N3O8. The van der Waals surface area contributed by atoms with Crippen LogP contribution in [0.1, 0.15) is 63.6 Å². The van der Waals surface area contributed by atoms with Crippen molar-refractivity contribution in [2.24, 2.45) is 5.92 Å². The lowest BCUT2D eigenvalue weighted by molar-refractivity contribution is -0.0336. The van der Waals surface area contributed by atoms with Crippen LogP contribution in [-0.2, 0) is 22.5 Å². The molecule has 2 bridgehead atoms. The summed E-state index contributed by atoms with van der Waals surface area (Å²) >= 11 is 12.9. The predicted octanol–water partition coefficient (Wildman–Crippen LogP) is 8.63. The fourth-order valence-corrected chi connectivity index (χ4v) is 7.65. The lowest BCUT2D eigenvalue weighted by Crippen LogP contribution is -2.52. The van der Waals surface area contributed by atoms with E-state index in [1.54, 1.807) is 24.3 Å². The molecule has 5 aromatic rings. The third-order valence-electron chi connectivity index (χ3n) is 10.1. The molecule has 1 N–H and O–H groups in total. The van der Waals surface area contributed by atoms with E-state index >= 15 is 0 Å². The molecule has 3 aromatic carbocycles. The fraction of sp³-hybridized carbons (Fsp3) is 0.310. The Morgan fingerprint density at radius 1 is 0.873 bits per heavy atom. The van der Waals surface area contributed by atoms with Crippen molar-refractivity contribution in [3.63, 3.8) is 0 Å². The van der Waals surface area contributed by atoms with Gasteiger partial charge < -0.3 is 33.4 Å². The normalized spacial score (nSPS) is 18.5. The molecule has 286 valence electrons. The summed E-state index contributed by atoms with van der Waals surface area (Å²) in [5, 5.41) is 3.78. The molecule has 8 rings (SSSR count). The predicted molar refractivity (Wildman–Crippen MR) is 206 cm³/mol. The highest BCUT2D eigenvalue weighted by atomic mass is 35.5. The third kappa shape index (κ3) is 9.19. The maximum atomic E-state index is 13.5. The van der Waals surface area contributed by atoms with Gasteiger partial charge in [0.15, 0.2) is 11.5 Å². The van der Waals surface area contributed by atoms with Crippen molar-refractivity contribution in [2.45, 2.75) is 44.1 Å². The number of esters is 1. The highest BCUT2D eigenvalue weighted by molar-refractivity contribution is 6.35. The first kappa shape index (κ1) is 38.1. The van der Waals surface area contributed by atoms with Crippen LogP contribution in [0.5, 0.6) is 17.2 Å². The van der Waals surface area contributed by atoms with Crippen molar-refractivity contribution in [1.82, 2.24) is 15.2 Å². The molecule has 0 aliphatic carbocycles. The van der Waals surface area contributed by atoms with Crippen LogP contribution in [0.4, 0.5) is 4.79 Å². The van der Waals surface area contributed by atoms with Gasteiger partial charge in [0.1, 0.15) is 30.3 Å². The third-order valence-corrected chi connectivity index (χ3v) is 10.7. The molecule has 0 saturated carbocycles. The van der Waals surface area contributed by atoms with E-state index in [4.69, 9.17) is 51.3 Å². The summed E-state index contributed by atoms with van der Waals surface area (Å²) in [5.74, 6) is 1.62. The number of piperidine rings is 3. The summed E-state index contributed by atoms with van der Waals surface area (Å²) in [6.45, 7) is 2.93. The number of methoxy groups -OCH3 is 2. The van der Waals surface area contributed by atoms with Crippen LogP contribution < -0.4 is 19.5 Å². The topological polar surface area (TPSA) is 122 Å². The van der Waals surface area contributed by atoms with E-state index in [0.29, 0.717) is 50.1 Å². The first-order chi connectivity index (χ1) is 26.8. The number of nitrogens with one attached hydrogen (secondary N) is 1. The van der Waals surface area contributed by atoms with Gasteiger partial charge in [-0.05, 0) is 90.5 Å². The van der Waals surface area contributed by atoms with E-state index < -0.39 is 24.2 Å². The minimum absolute atomic E-state index is 0.0143. The van der Waals surface area contributed by atoms with Gasteiger partial charge in [0.2, 0.25) is 5.76 Å². The molecule has 5 heterocycles. The molecule has 2 aromatic heterocycles. The van der Waals surface area contributed by atoms with E-state index in [-0.39, 0.29) is 24.9 Å². The maximum absolute atomic E-state index is 13.5. The van der Waals surface area contributed by atoms with Gasteiger partial charge in [0.25, 0.3) is 0 Å². The number of ether oxygens (including phenoxy) is 5. The number of alkyl carbamates (subject to hydrolysis) is 1. The molecule has 0 spiro atoms. The first-order valence-electron chi connectivity index (χ1n) is 18.0. The molecule has 0 unspecified atom stereocenters. The van der Waals surface area contributed by atoms with Crippen LogP contribution >= 0.6 is 23.2 Å². The van der Waals surface area contributed by atoms with Crippen LogP contribution in [0.2, 0.25) is 10.0 Å². The highest BCUT2D eigenvalue weighted by Gasteiger charge is 2.37. The quantitative estimate of drug-likeness (QED) is 0.110. The van der Waals surface area contributed by atoms with Gasteiger partial charge in [-0.1, -0.05) is 71.7 Å². The monoisotopic (exact) mass is 785 g/mol. The largest absolute Gasteiger partial charge is 0.493 e. The fourth-order valence-electron chi connectivity index (χ4n) is 7.13. The lowest BCUT2D eigenvalue weighted by Gasteiger charge is -2.43. The summed E-state index contributed by atoms with van der Waals surface area (Å²) in [4.78, 5) is 33.2. The van der Waals surface area contributed by atoms with Gasteiger partial charge in [-0.3, -0.25) is 9.88 Å². The summed E-state index contributed by atoms with van der Waals surface area (Å²) in [6.07, 6.45) is 3.84. The second-order valence-corrected chi connectivity index (χ2v) is 14.3. The zero-order chi connectivity index (χ0) is 38.3. The number of carbonyl (C=O) groups excluding carboxylic acids is 2. The van der Waals surface area contributed by atoms with Crippen LogP contribution in [0.3, 0.4) is 0 Å². The van der Waals surface area contributed by atoms with E-state index in [1.165, 1.54) is 32.7 Å². The van der Waals surface area contributed by atoms with E-state index in [2.05, 4.69) is 15.2 Å². The molecule has 3 aliphatic heterocycles. The molecule has 11 nitrogen and oxygen atoms in total. The van der Waals surface area contributed by atoms with Gasteiger partial charge in [0, 0.05) is 25.4 Å². The van der Waals surface area contributed by atoms with Crippen molar-refractivity contribution in [3.05, 3.63) is 141 Å². The molecule has 3 aliphatic rings. The maximum Gasteiger partial charge on any atom is 0.408 e. The smallest absolute Gasteiger partial charge is 0.408 e. The number of rotatable bonds is 14. The Bertz CT molecular complexity index is 2080. The summed E-state index contributed by atoms with van der Waals surface area (Å²) in [6, 6.07) is 25.2. The molecule has 1 amide bonds. The Morgan fingerprint density at radius 3 is 2.33 bits per heavy atom. The van der Waals surface area contributed by atoms with Crippen LogP contribution in [-0.4, -0.2) is 61.9 Å². The van der Waals surface area contributed by atoms with E-state index in [1.807, 2.05) is 54.6 Å². The average molecular weight is 787 g/mol. The molecule has 55 heavy (non-hydrogen) atoms. The van der Waals surface area contributed by atoms with Crippen molar-refractivity contribution < 1.29 is 37.7 Å². The minimum atomic E-state index is -0.823. The van der Waals surface area contributed by atoms with Crippen molar-refractivity contribution in [2.75, 3.05) is 33.9 Å². The highest BCUT2D eigenvalue weighted by Crippen LogP contribution is 2.36. The number of hydrogen-bond acceptors (Lipinski definition) is 10. The first-order valence-corrected chi connectivity index (χ1v) is 18.8. The zero-order valence-electron chi connectivity index (χ0n) is 30.4. The van der Waals surface area contributed by atoms with Gasteiger partial charge in [0.05, 0.1) is 30.3 Å². The molecule has 0 radical (unpaired) electrons. The van der Waals surface area contributed by atoms with Crippen molar-refractivity contribution in [1.29, 1.82) is 0 Å². The number of nitrogens with zero attached hydrogens (tertiary/aromatic N) is 2. The number of pyridine rings is 1. The van der Waals surface area contributed by atoms with Crippen LogP contribution in [0, 0.1) is 5.92 Å². The van der Waals surface area contributed by atoms with Crippen LogP contribution in [0.15, 0.2) is 102 Å². The van der Waals surface area contributed by atoms with E-state index in [0.717, 1.165) is 43.6 Å². The lowest BCUT2D eigenvalue weighted by atomic mass is 9.86. The molecule has 3 saturated heterocycles. The average Bonchev–Trinajstić information content (AvgIpc) is 3.70. The number of halogens is 2. The summed E-state index contributed by atoms with van der Waals surface area (Å²) in [7, 11) is 3.06. The summed E-state index contributed by atoms with van der Waals surface area (Å²) in [5.41, 5.74) is 2.91. The van der Waals surface area contributed by atoms with Gasteiger partial charge in [-0.25, -0.2) is 9.59 Å². The number of fused-ring (bicyclic) bond motifs is 3. The number of amides is 1. The number of aromatic nitrogens is 1. The van der Waals surface area contributed by atoms with Gasteiger partial charge in [-0.2, -0.15) is 0 Å². The Morgan fingerprint density at radius 2 is 1.62 bits per heavy atom. The molecular weight excluding hydrogens is 745 g/mol. The zero-order valence-corrected chi connectivity index (χ0v) is 31.9. The van der Waals surface area contributed by atoms with Gasteiger partial charge in [-0.15, -0.1) is 0 Å². The second-order valence-electron chi connectivity index (χ2n) is 13.5. The Hall–Kier alpha value is -5.23. The van der Waals surface area contributed by atoms with Crippen LogP contribution in [0.25, 0.3) is 0 Å². The van der Waals surface area contributed by atoms with Crippen molar-refractivity contribution in [3.8, 4) is 17.2 Å². The Kier molecular flexibility index (Phi) is 12.1. The Balaban J connectivity index is 1.03. The minimum Gasteiger partial charge on any atom is -0.493 e. The summed E-state index contributed by atoms with van der Waals surface area (Å²) < 4.78 is 34.9. The molecule has 13 heteroatoms. The molecule has 3 fully saturated rings. The van der Waals surface area contributed by atoms with E-state index in [9.17, 15) is 9.59 Å². The number of hydrogen-bond donors (Lipinski definition) is 1. The standard InChI is InChI=1S/C42H41Cl2N3O8/c1-50-35-13-11-28(20-38(35)51-2)37(21-32-33(43)22-45-23-34(32)44)54-41(48)36-14-12-31(53-36)25-52-30-10-6-9-29(19-30)40(27-7-4-3-5-8-27)46-42(49)55-39-24-47-17-15-26(39)16-18-47/h3-14,19-20,22-23,26,37,39-40H,15-18,21,24-25H2,1-2H3,(H,46,49)/t37-,39+,40+/m1/s1. The second kappa shape index (κ2) is 17.5. The van der Waals surface area contributed by atoms with Crippen molar-refractivity contribution >= 4 is 35.3 Å². The Labute approximate surface area is 329 Å². The molecule has 3 atom stereocenters.